The molecule has 166 valence electrons. The molecule has 1 aliphatic heterocycles. The Balaban J connectivity index is 1.33. The summed E-state index contributed by atoms with van der Waals surface area (Å²) in [5.41, 5.74) is 5.09. The molecule has 0 aliphatic carbocycles. The van der Waals surface area contributed by atoms with Crippen molar-refractivity contribution in [1.29, 1.82) is 0 Å². The van der Waals surface area contributed by atoms with Gasteiger partial charge in [-0.05, 0) is 64.8 Å². The van der Waals surface area contributed by atoms with Crippen molar-refractivity contribution in [1.82, 2.24) is 9.36 Å². The Morgan fingerprint density at radius 2 is 1.37 bits per heavy atom. The van der Waals surface area contributed by atoms with Crippen molar-refractivity contribution in [3.8, 4) is 33.5 Å². The van der Waals surface area contributed by atoms with Gasteiger partial charge in [0, 0.05) is 16.8 Å². The standard InChI is InChI=1S/C30H19N3OS/c1-2-9-21(10-3-1)30-31-29(32-35-30)23-15-17-26-28(19-23)34-27-13-7-6-12-25(27)33(26)24-16-14-20-8-4-5-11-22(20)18-24/h1-19H. The summed E-state index contributed by atoms with van der Waals surface area (Å²) < 4.78 is 11.0. The maximum absolute atomic E-state index is 6.38. The van der Waals surface area contributed by atoms with Crippen LogP contribution in [0.25, 0.3) is 32.7 Å². The number of ether oxygens (including phenoxy) is 1. The second kappa shape index (κ2) is 8.08. The molecule has 0 bridgehead atoms. The third-order valence-electron chi connectivity index (χ3n) is 6.22. The Hall–Kier alpha value is -4.48. The van der Waals surface area contributed by atoms with Crippen LogP contribution in [-0.2, 0) is 0 Å². The average Bonchev–Trinajstić information content (AvgIpc) is 3.42. The van der Waals surface area contributed by atoms with Gasteiger partial charge in [0.25, 0.3) is 0 Å². The largest absolute Gasteiger partial charge is 0.453 e. The molecule has 6 aromatic rings. The van der Waals surface area contributed by atoms with Crippen molar-refractivity contribution in [2.75, 3.05) is 4.90 Å². The first-order valence-corrected chi connectivity index (χ1v) is 12.2. The topological polar surface area (TPSA) is 38.2 Å². The predicted molar refractivity (Wildman–Crippen MR) is 143 cm³/mol. The third kappa shape index (κ3) is 3.45. The number of nitrogens with zero attached hydrogens (tertiary/aromatic N) is 3. The first-order chi connectivity index (χ1) is 17.3. The van der Waals surface area contributed by atoms with Crippen LogP contribution in [0.2, 0.25) is 0 Å². The molecule has 1 aliphatic rings. The quantitative estimate of drug-likeness (QED) is 0.260. The summed E-state index contributed by atoms with van der Waals surface area (Å²) in [5.74, 6) is 2.31. The molecule has 0 N–H and O–H groups in total. The minimum atomic E-state index is 0.705. The normalized spacial score (nSPS) is 12.2. The highest BCUT2D eigenvalue weighted by atomic mass is 32.1. The number of benzene rings is 5. The van der Waals surface area contributed by atoms with E-state index in [1.807, 2.05) is 42.5 Å². The van der Waals surface area contributed by atoms with Crippen LogP contribution in [0.15, 0.2) is 115 Å². The molecule has 0 amide bonds. The van der Waals surface area contributed by atoms with Gasteiger partial charge in [-0.3, -0.25) is 0 Å². The zero-order valence-corrected chi connectivity index (χ0v) is 19.4. The summed E-state index contributed by atoms with van der Waals surface area (Å²) >= 11 is 1.41. The summed E-state index contributed by atoms with van der Waals surface area (Å²) in [6, 6.07) is 39.5. The zero-order chi connectivity index (χ0) is 23.2. The van der Waals surface area contributed by atoms with Gasteiger partial charge in [0.2, 0.25) is 0 Å². The molecule has 0 spiro atoms. The Morgan fingerprint density at radius 1 is 0.600 bits per heavy atom. The molecule has 0 atom stereocenters. The van der Waals surface area contributed by atoms with Gasteiger partial charge in [-0.2, -0.15) is 4.37 Å². The van der Waals surface area contributed by atoms with Gasteiger partial charge in [0.1, 0.15) is 5.01 Å². The van der Waals surface area contributed by atoms with Gasteiger partial charge >= 0.3 is 0 Å². The molecule has 7 rings (SSSR count). The van der Waals surface area contributed by atoms with E-state index in [4.69, 9.17) is 9.72 Å². The number of fused-ring (bicyclic) bond motifs is 3. The molecule has 0 saturated heterocycles. The molecule has 4 nitrogen and oxygen atoms in total. The molecule has 2 heterocycles. The van der Waals surface area contributed by atoms with E-state index in [0.717, 1.165) is 44.7 Å². The van der Waals surface area contributed by atoms with E-state index in [9.17, 15) is 0 Å². The first kappa shape index (κ1) is 19.9. The molecule has 0 fully saturated rings. The lowest BCUT2D eigenvalue weighted by Gasteiger charge is -2.33. The van der Waals surface area contributed by atoms with Crippen molar-refractivity contribution in [2.24, 2.45) is 0 Å². The second-order valence-electron chi connectivity index (χ2n) is 8.41. The van der Waals surface area contributed by atoms with E-state index in [2.05, 4.69) is 82.1 Å². The van der Waals surface area contributed by atoms with Crippen molar-refractivity contribution in [3.05, 3.63) is 115 Å². The number of aromatic nitrogens is 2. The molecule has 0 radical (unpaired) electrons. The van der Waals surface area contributed by atoms with Crippen LogP contribution in [-0.4, -0.2) is 9.36 Å². The van der Waals surface area contributed by atoms with Crippen LogP contribution in [0.3, 0.4) is 0 Å². The van der Waals surface area contributed by atoms with Gasteiger partial charge < -0.3 is 9.64 Å². The lowest BCUT2D eigenvalue weighted by atomic mass is 10.1. The number of anilines is 3. The van der Waals surface area contributed by atoms with Crippen molar-refractivity contribution >= 4 is 39.4 Å². The van der Waals surface area contributed by atoms with E-state index in [1.165, 1.54) is 22.3 Å². The number of hydrogen-bond acceptors (Lipinski definition) is 5. The molecular weight excluding hydrogens is 450 g/mol. The fraction of sp³-hybridized carbons (Fsp3) is 0. The van der Waals surface area contributed by atoms with E-state index < -0.39 is 0 Å². The lowest BCUT2D eigenvalue weighted by Crippen LogP contribution is -2.15. The summed E-state index contributed by atoms with van der Waals surface area (Å²) in [7, 11) is 0. The summed E-state index contributed by atoms with van der Waals surface area (Å²) in [6.07, 6.45) is 0. The summed E-state index contributed by atoms with van der Waals surface area (Å²) in [5, 5.41) is 3.33. The number of rotatable bonds is 3. The Bertz CT molecular complexity index is 1690. The molecule has 35 heavy (non-hydrogen) atoms. The molecule has 5 heteroatoms. The minimum absolute atomic E-state index is 0.705. The lowest BCUT2D eigenvalue weighted by molar-refractivity contribution is 0.477. The average molecular weight is 470 g/mol. The van der Waals surface area contributed by atoms with Crippen molar-refractivity contribution in [2.45, 2.75) is 0 Å². The van der Waals surface area contributed by atoms with E-state index in [-0.39, 0.29) is 0 Å². The van der Waals surface area contributed by atoms with Crippen molar-refractivity contribution in [3.63, 3.8) is 0 Å². The molecule has 5 aromatic carbocycles. The van der Waals surface area contributed by atoms with Gasteiger partial charge in [0.05, 0.1) is 11.4 Å². The summed E-state index contributed by atoms with van der Waals surface area (Å²) in [6.45, 7) is 0. The maximum Gasteiger partial charge on any atom is 0.173 e. The molecule has 1 aromatic heterocycles. The summed E-state index contributed by atoms with van der Waals surface area (Å²) in [4.78, 5) is 7.05. The first-order valence-electron chi connectivity index (χ1n) is 11.4. The minimum Gasteiger partial charge on any atom is -0.453 e. The number of hydrogen-bond donors (Lipinski definition) is 0. The van der Waals surface area contributed by atoms with Crippen LogP contribution in [0.4, 0.5) is 17.1 Å². The molecule has 0 unspecified atom stereocenters. The second-order valence-corrected chi connectivity index (χ2v) is 9.16. The van der Waals surface area contributed by atoms with Gasteiger partial charge in [-0.15, -0.1) is 0 Å². The van der Waals surface area contributed by atoms with Crippen LogP contribution in [0.1, 0.15) is 0 Å². The molecular formula is C30H19N3OS. The fourth-order valence-corrected chi connectivity index (χ4v) is 5.22. The maximum atomic E-state index is 6.38. The Labute approximate surface area is 206 Å². The zero-order valence-electron chi connectivity index (χ0n) is 18.6. The van der Waals surface area contributed by atoms with Crippen molar-refractivity contribution < 1.29 is 4.74 Å². The highest BCUT2D eigenvalue weighted by molar-refractivity contribution is 7.09. The van der Waals surface area contributed by atoms with Gasteiger partial charge in [-0.1, -0.05) is 72.8 Å². The SMILES string of the molecule is c1ccc(-c2nc(-c3ccc4c(c3)Oc3ccccc3N4c3ccc4ccccc4c3)ns2)cc1. The smallest absolute Gasteiger partial charge is 0.173 e. The van der Waals surface area contributed by atoms with Crippen LogP contribution >= 0.6 is 11.5 Å². The van der Waals surface area contributed by atoms with Crippen LogP contribution < -0.4 is 9.64 Å². The highest BCUT2D eigenvalue weighted by Crippen LogP contribution is 2.51. The van der Waals surface area contributed by atoms with E-state index in [1.54, 1.807) is 0 Å². The highest BCUT2D eigenvalue weighted by Gasteiger charge is 2.26. The van der Waals surface area contributed by atoms with E-state index in [0.29, 0.717) is 5.82 Å². The third-order valence-corrected chi connectivity index (χ3v) is 6.99. The van der Waals surface area contributed by atoms with Gasteiger partial charge in [-0.25, -0.2) is 4.98 Å². The number of para-hydroxylation sites is 2. The van der Waals surface area contributed by atoms with Crippen LogP contribution in [0.5, 0.6) is 11.5 Å². The predicted octanol–water partition coefficient (Wildman–Crippen LogP) is 8.60. The fourth-order valence-electron chi connectivity index (χ4n) is 4.53. The van der Waals surface area contributed by atoms with Crippen LogP contribution in [0, 0.1) is 0 Å². The monoisotopic (exact) mass is 469 g/mol. The van der Waals surface area contributed by atoms with E-state index >= 15 is 0 Å². The van der Waals surface area contributed by atoms with Gasteiger partial charge in [0.15, 0.2) is 17.3 Å². The Kier molecular flexibility index (Phi) is 4.60. The molecule has 0 saturated carbocycles. The Morgan fingerprint density at radius 3 is 2.29 bits per heavy atom.